The Morgan fingerprint density at radius 1 is 1.15 bits per heavy atom. The Morgan fingerprint density at radius 3 is 2.56 bits per heavy atom. The van der Waals surface area contributed by atoms with E-state index in [0.29, 0.717) is 25.3 Å². The van der Waals surface area contributed by atoms with E-state index in [2.05, 4.69) is 15.8 Å². The summed E-state index contributed by atoms with van der Waals surface area (Å²) in [5, 5.41) is 20.8. The van der Waals surface area contributed by atoms with Crippen LogP contribution in [0.1, 0.15) is 22.5 Å². The second kappa shape index (κ2) is 7.34. The molecule has 3 N–H and O–H groups in total. The zero-order chi connectivity index (χ0) is 18.7. The fourth-order valence-corrected chi connectivity index (χ4v) is 3.54. The van der Waals surface area contributed by atoms with Crippen LogP contribution in [0.5, 0.6) is 0 Å². The third-order valence-corrected chi connectivity index (χ3v) is 5.03. The van der Waals surface area contributed by atoms with Gasteiger partial charge in [-0.1, -0.05) is 65.8 Å². The van der Waals surface area contributed by atoms with E-state index in [1.807, 2.05) is 60.7 Å². The average Bonchev–Trinajstić information content (AvgIpc) is 3.22. The van der Waals surface area contributed by atoms with E-state index in [1.165, 1.54) is 0 Å². The van der Waals surface area contributed by atoms with Gasteiger partial charge in [0.2, 0.25) is 0 Å². The summed E-state index contributed by atoms with van der Waals surface area (Å²) in [6.07, 6.45) is -0.175. The van der Waals surface area contributed by atoms with Gasteiger partial charge in [-0.2, -0.15) is 0 Å². The lowest BCUT2D eigenvalue weighted by Crippen LogP contribution is -2.61. The Hall–Kier alpha value is -2.96. The summed E-state index contributed by atoms with van der Waals surface area (Å²) in [5.74, 6) is 0.158. The third kappa shape index (κ3) is 3.37. The van der Waals surface area contributed by atoms with Crippen molar-refractivity contribution in [3.8, 4) is 11.3 Å². The molecule has 3 aromatic rings. The average molecular weight is 363 g/mol. The Kier molecular flexibility index (Phi) is 4.75. The molecule has 1 fully saturated rings. The number of rotatable bonds is 4. The molecule has 1 aromatic heterocycles. The van der Waals surface area contributed by atoms with Gasteiger partial charge in [-0.25, -0.2) is 0 Å². The lowest BCUT2D eigenvalue weighted by Gasteiger charge is -2.42. The molecule has 0 saturated carbocycles. The summed E-state index contributed by atoms with van der Waals surface area (Å²) in [5.41, 5.74) is 1.05. The minimum Gasteiger partial charge on any atom is -0.389 e. The minimum absolute atomic E-state index is 0.190. The molecule has 2 heterocycles. The molecule has 0 radical (unpaired) electrons. The van der Waals surface area contributed by atoms with E-state index < -0.39 is 11.6 Å². The van der Waals surface area contributed by atoms with Crippen molar-refractivity contribution in [2.24, 2.45) is 0 Å². The summed E-state index contributed by atoms with van der Waals surface area (Å²) in [6, 6.07) is 20.7. The van der Waals surface area contributed by atoms with E-state index in [4.69, 9.17) is 4.52 Å². The number of nitrogens with one attached hydrogen (secondary N) is 2. The fraction of sp³-hybridized carbons (Fsp3) is 0.238. The van der Waals surface area contributed by atoms with Crippen LogP contribution >= 0.6 is 0 Å². The second-order valence-corrected chi connectivity index (χ2v) is 6.70. The van der Waals surface area contributed by atoms with E-state index >= 15 is 0 Å². The molecule has 0 unspecified atom stereocenters. The molecule has 0 aliphatic carbocycles. The highest BCUT2D eigenvalue weighted by Gasteiger charge is 2.43. The number of nitrogens with zero attached hydrogens (tertiary/aromatic N) is 1. The molecule has 6 nitrogen and oxygen atoms in total. The fourth-order valence-electron chi connectivity index (χ4n) is 3.54. The zero-order valence-corrected chi connectivity index (χ0v) is 14.8. The molecular weight excluding hydrogens is 342 g/mol. The molecule has 0 bridgehead atoms. The summed E-state index contributed by atoms with van der Waals surface area (Å²) in [7, 11) is 0. The molecule has 0 spiro atoms. The Labute approximate surface area is 157 Å². The van der Waals surface area contributed by atoms with Crippen molar-refractivity contribution >= 4 is 5.91 Å². The summed E-state index contributed by atoms with van der Waals surface area (Å²) >= 11 is 0. The van der Waals surface area contributed by atoms with Crippen molar-refractivity contribution in [1.29, 1.82) is 0 Å². The lowest BCUT2D eigenvalue weighted by molar-refractivity contribution is 0.0286. The van der Waals surface area contributed by atoms with Gasteiger partial charge in [-0.05, 0) is 18.5 Å². The normalized spacial score (nSPS) is 22.3. The number of carbonyl (C=O) groups excluding carboxylic acids is 1. The quantitative estimate of drug-likeness (QED) is 0.662. The van der Waals surface area contributed by atoms with Crippen molar-refractivity contribution in [1.82, 2.24) is 15.8 Å². The number of benzene rings is 2. The molecule has 2 atom stereocenters. The summed E-state index contributed by atoms with van der Waals surface area (Å²) in [6.45, 7) is 1.10. The van der Waals surface area contributed by atoms with E-state index in [-0.39, 0.29) is 11.6 Å². The van der Waals surface area contributed by atoms with Crippen molar-refractivity contribution < 1.29 is 14.4 Å². The van der Waals surface area contributed by atoms with Gasteiger partial charge in [0.05, 0.1) is 11.6 Å². The van der Waals surface area contributed by atoms with Crippen LogP contribution in [0.25, 0.3) is 11.3 Å². The molecule has 2 aromatic carbocycles. The van der Waals surface area contributed by atoms with Gasteiger partial charge in [-0.15, -0.1) is 0 Å². The van der Waals surface area contributed by atoms with Gasteiger partial charge in [0.1, 0.15) is 0 Å². The van der Waals surface area contributed by atoms with Crippen LogP contribution in [0.4, 0.5) is 0 Å². The number of aliphatic hydroxyl groups excluding tert-OH is 1. The number of piperidine rings is 1. The first kappa shape index (κ1) is 17.5. The van der Waals surface area contributed by atoms with E-state index in [0.717, 1.165) is 11.1 Å². The highest BCUT2D eigenvalue weighted by molar-refractivity contribution is 5.93. The maximum absolute atomic E-state index is 12.9. The predicted molar refractivity (Wildman–Crippen MR) is 101 cm³/mol. The standard InChI is InChI=1S/C21H21N3O3/c25-19-14-22-12-11-21(19,16-9-5-2-6-10-16)23-20(26)17-13-18(27-24-17)15-7-3-1-4-8-15/h1-10,13,19,22,25H,11-12,14H2,(H,23,26)/t19-,21+/m1/s1. The van der Waals surface area contributed by atoms with Gasteiger partial charge in [-0.3, -0.25) is 4.79 Å². The van der Waals surface area contributed by atoms with Crippen LogP contribution in [0, 0.1) is 0 Å². The predicted octanol–water partition coefficient (Wildman–Crippen LogP) is 2.32. The number of carbonyl (C=O) groups is 1. The number of aliphatic hydroxyl groups is 1. The highest BCUT2D eigenvalue weighted by atomic mass is 16.5. The van der Waals surface area contributed by atoms with Gasteiger partial charge in [0, 0.05) is 18.2 Å². The number of hydrogen-bond acceptors (Lipinski definition) is 5. The lowest BCUT2D eigenvalue weighted by atomic mass is 9.79. The summed E-state index contributed by atoms with van der Waals surface area (Å²) in [4.78, 5) is 12.9. The first-order valence-electron chi connectivity index (χ1n) is 8.98. The molecule has 1 aliphatic rings. The largest absolute Gasteiger partial charge is 0.389 e. The second-order valence-electron chi connectivity index (χ2n) is 6.70. The molecule has 1 amide bonds. The SMILES string of the molecule is O=C(N[C@]1(c2ccccc2)CCNC[C@H]1O)c1cc(-c2ccccc2)on1. The van der Waals surface area contributed by atoms with Gasteiger partial charge >= 0.3 is 0 Å². The van der Waals surface area contributed by atoms with Crippen LogP contribution in [0.15, 0.2) is 71.3 Å². The molecule has 1 aliphatic heterocycles. The Morgan fingerprint density at radius 2 is 1.85 bits per heavy atom. The van der Waals surface area contributed by atoms with E-state index in [9.17, 15) is 9.90 Å². The van der Waals surface area contributed by atoms with Gasteiger partial charge in [0.25, 0.3) is 5.91 Å². The topological polar surface area (TPSA) is 87.4 Å². The van der Waals surface area contributed by atoms with Crippen LogP contribution in [-0.2, 0) is 5.54 Å². The zero-order valence-electron chi connectivity index (χ0n) is 14.8. The van der Waals surface area contributed by atoms with Gasteiger partial charge in [0.15, 0.2) is 11.5 Å². The van der Waals surface area contributed by atoms with Crippen LogP contribution in [-0.4, -0.2) is 35.4 Å². The number of hydrogen-bond donors (Lipinski definition) is 3. The van der Waals surface area contributed by atoms with Crippen molar-refractivity contribution in [3.05, 3.63) is 78.0 Å². The molecular formula is C21H21N3O3. The Balaban J connectivity index is 1.62. The summed E-state index contributed by atoms with van der Waals surface area (Å²) < 4.78 is 5.34. The van der Waals surface area contributed by atoms with Crippen LogP contribution in [0.2, 0.25) is 0 Å². The minimum atomic E-state index is -0.866. The number of aromatic nitrogens is 1. The molecule has 1 saturated heterocycles. The van der Waals surface area contributed by atoms with Crippen molar-refractivity contribution in [3.63, 3.8) is 0 Å². The molecule has 138 valence electrons. The highest BCUT2D eigenvalue weighted by Crippen LogP contribution is 2.31. The van der Waals surface area contributed by atoms with Crippen LogP contribution in [0.3, 0.4) is 0 Å². The first-order valence-corrected chi connectivity index (χ1v) is 8.98. The van der Waals surface area contributed by atoms with Crippen LogP contribution < -0.4 is 10.6 Å². The molecule has 27 heavy (non-hydrogen) atoms. The van der Waals surface area contributed by atoms with E-state index in [1.54, 1.807) is 6.07 Å². The monoisotopic (exact) mass is 363 g/mol. The molecule has 4 rings (SSSR count). The Bertz CT molecular complexity index is 911. The number of amides is 1. The van der Waals surface area contributed by atoms with Gasteiger partial charge < -0.3 is 20.3 Å². The van der Waals surface area contributed by atoms with Crippen molar-refractivity contribution in [2.45, 2.75) is 18.1 Å². The smallest absolute Gasteiger partial charge is 0.274 e. The maximum Gasteiger partial charge on any atom is 0.274 e. The maximum atomic E-state index is 12.9. The first-order chi connectivity index (χ1) is 13.2. The number of β-amino-alcohol motifs (C(OH)–C–C–N with tert-alkyl or cyclic N) is 1. The van der Waals surface area contributed by atoms with Crippen molar-refractivity contribution in [2.75, 3.05) is 13.1 Å². The third-order valence-electron chi connectivity index (χ3n) is 5.03. The molecule has 6 heteroatoms.